The van der Waals surface area contributed by atoms with Gasteiger partial charge >= 0.3 is 6.43 Å². The zero-order valence-corrected chi connectivity index (χ0v) is 17.1. The molecule has 0 saturated heterocycles. The first-order valence-corrected chi connectivity index (χ1v) is 10.3. The summed E-state index contributed by atoms with van der Waals surface area (Å²) >= 11 is 2.74. The number of thioether (sulfide) groups is 2. The van der Waals surface area contributed by atoms with Crippen LogP contribution in [0.5, 0.6) is 0 Å². The third kappa shape index (κ3) is 8.58. The molecular formula is C16H18F2N6O3S2. The highest BCUT2D eigenvalue weighted by Gasteiger charge is 2.16. The molecule has 0 atom stereocenters. The Balaban J connectivity index is 0.000000308. The van der Waals surface area contributed by atoms with E-state index in [0.29, 0.717) is 15.9 Å². The number of nitrogens with zero attached hydrogens (tertiary/aromatic N) is 4. The third-order valence-corrected chi connectivity index (χ3v) is 4.22. The number of Topliss-reactive ketones (excluding diaryl/α,β-unsaturated/α-hetero) is 2. The molecule has 0 aliphatic heterocycles. The minimum atomic E-state index is -3.13. The maximum atomic E-state index is 11.8. The topological polar surface area (TPSA) is 141 Å². The first kappa shape index (κ1) is 24.5. The van der Waals surface area contributed by atoms with Gasteiger partial charge in [-0.3, -0.25) is 14.4 Å². The number of nitrogens with two attached hydrogens (primary N) is 1. The lowest BCUT2D eigenvalue weighted by Crippen LogP contribution is -2.34. The fourth-order valence-corrected chi connectivity index (χ4v) is 2.23. The number of aromatic nitrogens is 4. The van der Waals surface area contributed by atoms with Crippen molar-refractivity contribution in [3.8, 4) is 0 Å². The Labute approximate surface area is 173 Å². The summed E-state index contributed by atoms with van der Waals surface area (Å²) in [5, 5.41) is 2.96. The van der Waals surface area contributed by atoms with Crippen LogP contribution in [0.15, 0.2) is 35.1 Å². The van der Waals surface area contributed by atoms with Gasteiger partial charge in [-0.05, 0) is 12.5 Å². The average molecular weight is 444 g/mol. The van der Waals surface area contributed by atoms with Gasteiger partial charge in [0.05, 0.1) is 24.2 Å². The van der Waals surface area contributed by atoms with E-state index < -0.39 is 24.7 Å². The molecule has 0 spiro atoms. The van der Waals surface area contributed by atoms with Crippen molar-refractivity contribution in [2.75, 3.05) is 25.6 Å². The second-order valence-electron chi connectivity index (χ2n) is 4.99. The summed E-state index contributed by atoms with van der Waals surface area (Å²) in [7, 11) is 0. The highest BCUT2D eigenvalue weighted by molar-refractivity contribution is 7.98. The Bertz CT molecular complexity index is 822. The monoisotopic (exact) mass is 444 g/mol. The van der Waals surface area contributed by atoms with E-state index in [1.54, 1.807) is 6.26 Å². The first-order valence-electron chi connectivity index (χ1n) is 7.86. The molecule has 0 aliphatic rings. The van der Waals surface area contributed by atoms with Gasteiger partial charge in [0, 0.05) is 24.8 Å². The molecule has 29 heavy (non-hydrogen) atoms. The number of nitrogens with one attached hydrogen (secondary N) is 1. The van der Waals surface area contributed by atoms with Gasteiger partial charge in [0.15, 0.2) is 21.9 Å². The molecule has 0 aromatic carbocycles. The van der Waals surface area contributed by atoms with Gasteiger partial charge in [0.25, 0.3) is 5.91 Å². The number of hydrogen-bond donors (Lipinski definition) is 2. The molecule has 2 aromatic heterocycles. The number of ketones is 2. The molecule has 156 valence electrons. The van der Waals surface area contributed by atoms with E-state index in [9.17, 15) is 23.2 Å². The maximum absolute atomic E-state index is 11.8. The van der Waals surface area contributed by atoms with Crippen LogP contribution in [-0.4, -0.2) is 69.4 Å². The zero-order chi connectivity index (χ0) is 21.8. The third-order valence-electron chi connectivity index (χ3n) is 3.07. The van der Waals surface area contributed by atoms with Crippen LogP contribution in [0.1, 0.15) is 20.7 Å². The predicted molar refractivity (Wildman–Crippen MR) is 104 cm³/mol. The van der Waals surface area contributed by atoms with E-state index in [1.165, 1.54) is 48.3 Å². The van der Waals surface area contributed by atoms with E-state index in [1.807, 2.05) is 11.6 Å². The largest absolute Gasteiger partial charge is 0.344 e. The number of halogens is 2. The summed E-state index contributed by atoms with van der Waals surface area (Å²) in [4.78, 5) is 48.5. The van der Waals surface area contributed by atoms with Crippen molar-refractivity contribution < 1.29 is 23.2 Å². The van der Waals surface area contributed by atoms with Gasteiger partial charge < -0.3 is 11.1 Å². The average Bonchev–Trinajstić information content (AvgIpc) is 2.77. The molecule has 1 amide bonds. The minimum absolute atomic E-state index is 0.00196. The zero-order valence-electron chi connectivity index (χ0n) is 15.5. The molecule has 0 unspecified atom stereocenters. The van der Waals surface area contributed by atoms with Gasteiger partial charge in [-0.25, -0.2) is 19.9 Å². The summed E-state index contributed by atoms with van der Waals surface area (Å²) in [5.41, 5.74) is 5.80. The number of rotatable bonds is 8. The number of alkyl halides is 2. The second kappa shape index (κ2) is 12.9. The van der Waals surface area contributed by atoms with Crippen molar-refractivity contribution in [1.82, 2.24) is 25.3 Å². The van der Waals surface area contributed by atoms with E-state index in [4.69, 9.17) is 5.73 Å². The van der Waals surface area contributed by atoms with Gasteiger partial charge in [-0.2, -0.15) is 8.78 Å². The molecule has 0 saturated carbocycles. The lowest BCUT2D eigenvalue weighted by molar-refractivity contribution is -0.131. The molecule has 13 heteroatoms. The maximum Gasteiger partial charge on any atom is 0.315 e. The van der Waals surface area contributed by atoms with Crippen molar-refractivity contribution in [3.63, 3.8) is 0 Å². The Hall–Kier alpha value is -2.51. The van der Waals surface area contributed by atoms with E-state index in [-0.39, 0.29) is 17.9 Å². The highest BCUT2D eigenvalue weighted by atomic mass is 32.2. The Kier molecular flexibility index (Phi) is 10.9. The van der Waals surface area contributed by atoms with E-state index >= 15 is 0 Å². The van der Waals surface area contributed by atoms with Gasteiger partial charge in [-0.1, -0.05) is 23.5 Å². The van der Waals surface area contributed by atoms with Crippen molar-refractivity contribution in [1.29, 1.82) is 0 Å². The lowest BCUT2D eigenvalue weighted by Gasteiger charge is -2.03. The van der Waals surface area contributed by atoms with E-state index in [0.717, 1.165) is 0 Å². The van der Waals surface area contributed by atoms with Gasteiger partial charge in [-0.15, -0.1) is 0 Å². The van der Waals surface area contributed by atoms with Crippen LogP contribution in [0, 0.1) is 0 Å². The second-order valence-corrected chi connectivity index (χ2v) is 6.53. The van der Waals surface area contributed by atoms with Crippen molar-refractivity contribution in [2.45, 2.75) is 16.7 Å². The standard InChI is InChI=1S/C9H9F2N3O2S.C7H9N3OS/c1-17-9-13-2-5(3-14-9)6(15)4-12-8(16)7(10)11;1-12-7-9-3-5(4-10-7)6(11)2-8/h2-3,7H,4H2,1H3,(H,12,16);3-4H,2,8H2,1H3. The number of amides is 1. The molecule has 3 N–H and O–H groups in total. The predicted octanol–water partition coefficient (Wildman–Crippen LogP) is 1.10. The fourth-order valence-electron chi connectivity index (χ4n) is 1.60. The van der Waals surface area contributed by atoms with Crippen molar-refractivity contribution in [3.05, 3.63) is 35.9 Å². The molecule has 2 heterocycles. The number of hydrogen-bond acceptors (Lipinski definition) is 10. The van der Waals surface area contributed by atoms with Crippen LogP contribution in [0.2, 0.25) is 0 Å². The molecule has 0 radical (unpaired) electrons. The summed E-state index contributed by atoms with van der Waals surface area (Å²) < 4.78 is 23.7. The van der Waals surface area contributed by atoms with Gasteiger partial charge in [0.1, 0.15) is 0 Å². The molecular weight excluding hydrogens is 426 g/mol. The Morgan fingerprint density at radius 1 is 0.931 bits per heavy atom. The molecule has 9 nitrogen and oxygen atoms in total. The summed E-state index contributed by atoms with van der Waals surface area (Å²) in [5.74, 6) is -2.13. The van der Waals surface area contributed by atoms with Crippen molar-refractivity contribution in [2.24, 2.45) is 5.73 Å². The van der Waals surface area contributed by atoms with Crippen LogP contribution in [0.4, 0.5) is 8.78 Å². The van der Waals surface area contributed by atoms with Crippen molar-refractivity contribution >= 4 is 41.0 Å². The first-order chi connectivity index (χ1) is 13.8. The smallest absolute Gasteiger partial charge is 0.315 e. The normalized spacial score (nSPS) is 10.1. The lowest BCUT2D eigenvalue weighted by atomic mass is 10.2. The van der Waals surface area contributed by atoms with Crippen LogP contribution in [0.25, 0.3) is 0 Å². The Morgan fingerprint density at radius 2 is 1.34 bits per heavy atom. The summed E-state index contributed by atoms with van der Waals surface area (Å²) in [6, 6.07) is 0. The molecule has 0 fully saturated rings. The number of carbonyl (C=O) groups excluding carboxylic acids is 3. The molecule has 0 aliphatic carbocycles. The van der Waals surface area contributed by atoms with E-state index in [2.05, 4.69) is 19.9 Å². The van der Waals surface area contributed by atoms with Gasteiger partial charge in [0.2, 0.25) is 0 Å². The van der Waals surface area contributed by atoms with Crippen LogP contribution < -0.4 is 11.1 Å². The molecule has 2 aromatic rings. The molecule has 2 rings (SSSR count). The van der Waals surface area contributed by atoms with Crippen LogP contribution in [0.3, 0.4) is 0 Å². The minimum Gasteiger partial charge on any atom is -0.344 e. The quantitative estimate of drug-likeness (QED) is 0.345. The Morgan fingerprint density at radius 3 is 1.69 bits per heavy atom. The SMILES string of the molecule is CSc1ncc(C(=O)CN)cn1.CSc1ncc(C(=O)CNC(=O)C(F)F)cn1. The highest BCUT2D eigenvalue weighted by Crippen LogP contribution is 2.08. The summed E-state index contributed by atoms with van der Waals surface area (Å²) in [6.07, 6.45) is 6.09. The fraction of sp³-hybridized carbons (Fsp3) is 0.312. The van der Waals surface area contributed by atoms with Crippen LogP contribution >= 0.6 is 23.5 Å². The van der Waals surface area contributed by atoms with Crippen LogP contribution in [-0.2, 0) is 4.79 Å². The molecule has 0 bridgehead atoms. The summed E-state index contributed by atoms with van der Waals surface area (Å²) in [6.45, 7) is -0.493. The number of carbonyl (C=O) groups is 3.